The molecule has 2 bridgehead atoms. The Kier molecular flexibility index (Phi) is 5.43. The molecule has 190 valence electrons. The molecule has 4 aliphatic carbocycles. The van der Waals surface area contributed by atoms with Gasteiger partial charge < -0.3 is 10.1 Å². The largest absolute Gasteiger partial charge is 0.457 e. The first kappa shape index (κ1) is 23.0. The van der Waals surface area contributed by atoms with Crippen molar-refractivity contribution < 1.29 is 19.1 Å². The zero-order valence-electron chi connectivity index (χ0n) is 20.8. The van der Waals surface area contributed by atoms with Gasteiger partial charge in [0.25, 0.3) is 0 Å². The maximum absolute atomic E-state index is 13.8. The molecule has 7 unspecified atom stereocenters. The number of nitrogens with one attached hydrogen (secondary N) is 1. The third-order valence-electron chi connectivity index (χ3n) is 8.68. The normalized spacial score (nSPS) is 29.0. The number of hydrogen-bond donors (Lipinski definition) is 1. The van der Waals surface area contributed by atoms with Crippen molar-refractivity contribution in [3.8, 4) is 11.5 Å². The maximum atomic E-state index is 13.8. The Morgan fingerprint density at radius 3 is 1.95 bits per heavy atom. The number of carbonyl (C=O) groups excluding carboxylic acids is 3. The van der Waals surface area contributed by atoms with Gasteiger partial charge >= 0.3 is 0 Å². The highest BCUT2D eigenvalue weighted by Crippen LogP contribution is 2.65. The van der Waals surface area contributed by atoms with E-state index in [4.69, 9.17) is 4.74 Å². The fraction of sp³-hybridized carbons (Fsp3) is 0.281. The van der Waals surface area contributed by atoms with Crippen molar-refractivity contribution in [2.45, 2.75) is 18.9 Å². The molecule has 3 aromatic rings. The molecule has 3 fully saturated rings. The van der Waals surface area contributed by atoms with Gasteiger partial charge in [0.05, 0.1) is 11.8 Å². The van der Waals surface area contributed by atoms with Crippen LogP contribution in [0, 0.1) is 35.5 Å². The van der Waals surface area contributed by atoms with Gasteiger partial charge in [-0.15, -0.1) is 0 Å². The minimum atomic E-state index is -0.918. The Balaban J connectivity index is 1.14. The molecule has 0 aromatic heterocycles. The highest BCUT2D eigenvalue weighted by atomic mass is 16.5. The lowest BCUT2D eigenvalue weighted by molar-refractivity contribution is -0.146. The summed E-state index contributed by atoms with van der Waals surface area (Å²) in [5, 5.41) is 2.95. The van der Waals surface area contributed by atoms with E-state index in [0.717, 1.165) is 17.7 Å². The molecule has 0 radical (unpaired) electrons. The van der Waals surface area contributed by atoms with E-state index >= 15 is 0 Å². The second-order valence-corrected chi connectivity index (χ2v) is 10.8. The van der Waals surface area contributed by atoms with Crippen LogP contribution in [0.1, 0.15) is 12.0 Å². The highest BCUT2D eigenvalue weighted by molar-refractivity contribution is 6.10. The van der Waals surface area contributed by atoms with Crippen molar-refractivity contribution in [2.24, 2.45) is 35.5 Å². The predicted octanol–water partition coefficient (Wildman–Crippen LogP) is 5.08. The summed E-state index contributed by atoms with van der Waals surface area (Å²) in [5.74, 6) is 1.23. The van der Waals surface area contributed by atoms with Gasteiger partial charge in [-0.3, -0.25) is 19.3 Å². The molecule has 1 N–H and O–H groups in total. The SMILES string of the molecule is O=C(Nc1ccc(Oc2ccccc2)cc1)C(Cc1ccccc1)N1C(=O)C2C3C=CC(C4CC34)C2C1=O. The summed E-state index contributed by atoms with van der Waals surface area (Å²) in [6.45, 7) is 0. The molecule has 2 saturated carbocycles. The number of carbonyl (C=O) groups is 3. The first-order valence-corrected chi connectivity index (χ1v) is 13.3. The molecular formula is C32H28N2O4. The molecule has 6 nitrogen and oxygen atoms in total. The number of ether oxygens (including phenoxy) is 1. The van der Waals surface area contributed by atoms with E-state index in [1.54, 1.807) is 24.3 Å². The van der Waals surface area contributed by atoms with Crippen LogP contribution in [0.3, 0.4) is 0 Å². The minimum Gasteiger partial charge on any atom is -0.457 e. The zero-order valence-corrected chi connectivity index (χ0v) is 20.8. The molecule has 1 aliphatic heterocycles. The van der Waals surface area contributed by atoms with Gasteiger partial charge in [-0.2, -0.15) is 0 Å². The summed E-state index contributed by atoms with van der Waals surface area (Å²) in [7, 11) is 0. The Hall–Kier alpha value is -4.19. The molecule has 0 spiro atoms. The van der Waals surface area contributed by atoms with Crippen LogP contribution >= 0.6 is 0 Å². The second-order valence-electron chi connectivity index (χ2n) is 10.8. The molecule has 1 saturated heterocycles. The van der Waals surface area contributed by atoms with Gasteiger partial charge in [-0.25, -0.2) is 0 Å². The average molecular weight is 505 g/mol. The first-order valence-electron chi connectivity index (χ1n) is 13.3. The van der Waals surface area contributed by atoms with Crippen LogP contribution in [0.4, 0.5) is 5.69 Å². The fourth-order valence-electron chi connectivity index (χ4n) is 6.88. The molecule has 5 aliphatic rings. The Bertz CT molecular complexity index is 1380. The van der Waals surface area contributed by atoms with Gasteiger partial charge in [0.2, 0.25) is 17.7 Å². The zero-order chi connectivity index (χ0) is 25.8. The number of imide groups is 1. The lowest BCUT2D eigenvalue weighted by atomic mass is 9.63. The number of amides is 3. The molecule has 38 heavy (non-hydrogen) atoms. The van der Waals surface area contributed by atoms with E-state index in [1.807, 2.05) is 60.7 Å². The van der Waals surface area contributed by atoms with E-state index in [9.17, 15) is 14.4 Å². The number of rotatable bonds is 7. The second kappa shape index (κ2) is 8.98. The summed E-state index contributed by atoms with van der Waals surface area (Å²) in [4.78, 5) is 42.6. The molecular weight excluding hydrogens is 476 g/mol. The van der Waals surface area contributed by atoms with Crippen LogP contribution in [0.5, 0.6) is 11.5 Å². The predicted molar refractivity (Wildman–Crippen MR) is 142 cm³/mol. The Labute approximate surface area is 221 Å². The quantitative estimate of drug-likeness (QED) is 0.360. The number of hydrogen-bond acceptors (Lipinski definition) is 4. The number of anilines is 1. The monoisotopic (exact) mass is 504 g/mol. The summed E-state index contributed by atoms with van der Waals surface area (Å²) in [6, 6.07) is 25.2. The summed E-state index contributed by atoms with van der Waals surface area (Å²) in [6.07, 6.45) is 5.68. The van der Waals surface area contributed by atoms with E-state index in [0.29, 0.717) is 23.3 Å². The lowest BCUT2D eigenvalue weighted by Crippen LogP contribution is -2.49. The summed E-state index contributed by atoms with van der Waals surface area (Å²) < 4.78 is 5.85. The molecule has 3 aromatic carbocycles. The average Bonchev–Trinajstić information content (AvgIpc) is 3.73. The third-order valence-corrected chi connectivity index (χ3v) is 8.68. The molecule has 6 heteroatoms. The number of benzene rings is 3. The van der Waals surface area contributed by atoms with Crippen molar-refractivity contribution in [1.82, 2.24) is 4.90 Å². The maximum Gasteiger partial charge on any atom is 0.248 e. The van der Waals surface area contributed by atoms with Crippen LogP contribution in [-0.2, 0) is 20.8 Å². The van der Waals surface area contributed by atoms with E-state index in [1.165, 1.54) is 4.90 Å². The smallest absolute Gasteiger partial charge is 0.248 e. The van der Waals surface area contributed by atoms with E-state index in [-0.39, 0.29) is 47.8 Å². The highest BCUT2D eigenvalue weighted by Gasteiger charge is 2.67. The summed E-state index contributed by atoms with van der Waals surface area (Å²) >= 11 is 0. The van der Waals surface area contributed by atoms with Crippen LogP contribution < -0.4 is 10.1 Å². The topological polar surface area (TPSA) is 75.7 Å². The fourth-order valence-corrected chi connectivity index (χ4v) is 6.88. The molecule has 8 rings (SSSR count). The Morgan fingerprint density at radius 1 is 0.789 bits per heavy atom. The molecule has 7 atom stereocenters. The van der Waals surface area contributed by atoms with E-state index in [2.05, 4.69) is 17.5 Å². The Morgan fingerprint density at radius 2 is 1.34 bits per heavy atom. The minimum absolute atomic E-state index is 0.119. The van der Waals surface area contributed by atoms with Crippen molar-refractivity contribution in [3.05, 3.63) is 103 Å². The van der Waals surface area contributed by atoms with Crippen molar-refractivity contribution in [1.29, 1.82) is 0 Å². The standard InChI is InChI=1S/C32H28N2O4/c35-30(33-20-11-13-22(14-12-20)38-21-9-5-2-6-10-21)27(17-19-7-3-1-4-8-19)34-31(36)28-23-15-16-24(26-18-25(23)26)29(28)32(34)37/h1-16,23-29H,17-18H2,(H,33,35). The van der Waals surface area contributed by atoms with Crippen LogP contribution in [-0.4, -0.2) is 28.7 Å². The third kappa shape index (κ3) is 3.83. The number of nitrogens with zero attached hydrogens (tertiary/aromatic N) is 1. The van der Waals surface area contributed by atoms with Crippen molar-refractivity contribution >= 4 is 23.4 Å². The molecule has 3 amide bonds. The van der Waals surface area contributed by atoms with Crippen molar-refractivity contribution in [2.75, 3.05) is 5.32 Å². The number of para-hydroxylation sites is 1. The van der Waals surface area contributed by atoms with Gasteiger partial charge in [-0.1, -0.05) is 60.7 Å². The van der Waals surface area contributed by atoms with Gasteiger partial charge in [0.1, 0.15) is 17.5 Å². The van der Waals surface area contributed by atoms with Gasteiger partial charge in [0, 0.05) is 12.1 Å². The van der Waals surface area contributed by atoms with Gasteiger partial charge in [0.15, 0.2) is 0 Å². The van der Waals surface area contributed by atoms with Crippen LogP contribution in [0.25, 0.3) is 0 Å². The molecule has 1 heterocycles. The van der Waals surface area contributed by atoms with E-state index < -0.39 is 6.04 Å². The van der Waals surface area contributed by atoms with Gasteiger partial charge in [-0.05, 0) is 72.1 Å². The summed E-state index contributed by atoms with van der Waals surface area (Å²) in [5.41, 5.74) is 1.48. The lowest BCUT2D eigenvalue weighted by Gasteiger charge is -2.37. The first-order chi connectivity index (χ1) is 18.6. The van der Waals surface area contributed by atoms with Crippen molar-refractivity contribution in [3.63, 3.8) is 0 Å². The van der Waals surface area contributed by atoms with Crippen LogP contribution in [0.2, 0.25) is 0 Å². The number of likely N-dealkylation sites (tertiary alicyclic amines) is 1. The van der Waals surface area contributed by atoms with Crippen LogP contribution in [0.15, 0.2) is 97.1 Å². The number of allylic oxidation sites excluding steroid dienone is 2.